The maximum Gasteiger partial charge on any atom is 0.431 e. The summed E-state index contributed by atoms with van der Waals surface area (Å²) in [6.07, 6.45) is -20.9. The Bertz CT molecular complexity index is 1480. The van der Waals surface area contributed by atoms with Gasteiger partial charge in [-0.3, -0.25) is 43.2 Å². The lowest BCUT2D eigenvalue weighted by molar-refractivity contribution is -0.348. The number of nitrogens with two attached hydrogens (primary N) is 1. The molecule has 2 amide bonds. The predicted octanol–water partition coefficient (Wildman–Crippen LogP) is -1.04. The molecule has 0 spiro atoms. The van der Waals surface area contributed by atoms with Crippen molar-refractivity contribution in [3.63, 3.8) is 0 Å². The number of hydroxylamine groups is 1. The van der Waals surface area contributed by atoms with E-state index in [0.29, 0.717) is 0 Å². The lowest BCUT2D eigenvalue weighted by Crippen LogP contribution is -2.69. The fraction of sp³-hybridized carbons (Fsp3) is 0.727. The van der Waals surface area contributed by atoms with E-state index in [9.17, 15) is 43.2 Å². The minimum absolute atomic E-state index is 0.649. The van der Waals surface area contributed by atoms with E-state index in [4.69, 9.17) is 62.7 Å². The van der Waals surface area contributed by atoms with Crippen LogP contribution >= 0.6 is 0 Å². The number of hydrogen-bond acceptors (Lipinski definition) is 21. The summed E-state index contributed by atoms with van der Waals surface area (Å²) < 4.78 is 61.0. The van der Waals surface area contributed by atoms with Gasteiger partial charge in [0.15, 0.2) is 42.9 Å². The minimum atomic E-state index is -2.05. The number of hydrogen-bond donors (Lipinski definition) is 2. The van der Waals surface area contributed by atoms with E-state index in [1.165, 1.54) is 20.8 Å². The molecule has 2 rings (SSSR count). The van der Waals surface area contributed by atoms with Crippen LogP contribution in [0.5, 0.6) is 0 Å². The molecule has 0 aromatic heterocycles. The van der Waals surface area contributed by atoms with Crippen LogP contribution < -0.4 is 11.2 Å². The highest BCUT2D eigenvalue weighted by Gasteiger charge is 2.59. The third-order valence-corrected chi connectivity index (χ3v) is 7.21. The quantitative estimate of drug-likeness (QED) is 0.113. The van der Waals surface area contributed by atoms with E-state index in [0.717, 1.165) is 48.5 Å². The summed E-state index contributed by atoms with van der Waals surface area (Å²) in [5, 5.41) is 0. The second-order valence-electron chi connectivity index (χ2n) is 13.3. The van der Waals surface area contributed by atoms with E-state index in [1.807, 2.05) is 5.48 Å². The van der Waals surface area contributed by atoms with Gasteiger partial charge in [-0.25, -0.2) is 4.79 Å². The van der Waals surface area contributed by atoms with Crippen molar-refractivity contribution in [3.8, 4) is 0 Å². The number of amides is 2. The molecule has 0 aromatic carbocycles. The molecule has 0 aliphatic carbocycles. The Kier molecular flexibility index (Phi) is 17.4. The van der Waals surface area contributed by atoms with Crippen LogP contribution in [0.25, 0.3) is 0 Å². The first-order chi connectivity index (χ1) is 25.9. The zero-order chi connectivity index (χ0) is 42.7. The Morgan fingerprint density at radius 3 is 1.41 bits per heavy atom. The lowest BCUT2D eigenvalue weighted by Gasteiger charge is -2.49. The van der Waals surface area contributed by atoms with Gasteiger partial charge in [0.05, 0.1) is 0 Å². The normalized spacial score (nSPS) is 27.9. The molecule has 1 unspecified atom stereocenters. The van der Waals surface area contributed by atoms with E-state index in [-0.39, 0.29) is 0 Å². The molecular weight excluding hydrogens is 760 g/mol. The Morgan fingerprint density at radius 1 is 0.571 bits per heavy atom. The fourth-order valence-corrected chi connectivity index (χ4v) is 5.49. The number of primary amides is 1. The molecule has 316 valence electrons. The predicted molar refractivity (Wildman–Crippen MR) is 177 cm³/mol. The largest absolute Gasteiger partial charge is 0.463 e. The van der Waals surface area contributed by atoms with Gasteiger partial charge >= 0.3 is 47.9 Å². The standard InChI is InChI=1S/C33H48N2O21/c1-13(36)45-11-20-23(54-31-29(51-19(7)42)25(49-17(5)40)22(47-15(3)38)21(53-31)12-46-14(2)37)24(48-16(4)39)26(50-18(6)41)27(52-20)28(30(34)43)56-35-32(44)55-33(8,9)10/h20-29,31H,11-12H2,1-10H3,(H2,34,43)(H,35,44)/t20-,21-,22+,23-,24+,25+,26-,27-,28?,29-,31+/m1/s1. The van der Waals surface area contributed by atoms with Gasteiger partial charge in [0.2, 0.25) is 0 Å². The number of ether oxygens (including phenoxy) is 11. The third kappa shape index (κ3) is 14.8. The number of carbonyl (C=O) groups is 9. The Morgan fingerprint density at radius 2 is 0.982 bits per heavy atom. The van der Waals surface area contributed by atoms with Crippen LogP contribution in [0.3, 0.4) is 0 Å². The van der Waals surface area contributed by atoms with Gasteiger partial charge in [0.1, 0.15) is 43.2 Å². The van der Waals surface area contributed by atoms with Crippen LogP contribution in [-0.2, 0) is 95.3 Å². The first-order valence-corrected chi connectivity index (χ1v) is 16.9. The summed E-state index contributed by atoms with van der Waals surface area (Å²) >= 11 is 0. The number of rotatable bonds is 15. The SMILES string of the molecule is CC(=O)OC[C@H]1O[C@@H](O[C@H]2[C@H](OC(C)=O)[C@@H](OC(C)=O)[C@H](C(ONC(=O)OC(C)(C)C)C(N)=O)O[C@@H]2COC(C)=O)[C@H](OC(C)=O)[C@@H](OC(C)=O)[C@H]1OC(C)=O. The van der Waals surface area contributed by atoms with Crippen molar-refractivity contribution in [2.24, 2.45) is 5.73 Å². The molecule has 11 atom stereocenters. The molecule has 2 fully saturated rings. The molecule has 56 heavy (non-hydrogen) atoms. The van der Waals surface area contributed by atoms with Crippen LogP contribution in [0.2, 0.25) is 0 Å². The summed E-state index contributed by atoms with van der Waals surface area (Å²) in [5.41, 5.74) is 6.49. The van der Waals surface area contributed by atoms with Crippen LogP contribution in [-0.4, -0.2) is 140 Å². The molecule has 0 bridgehead atoms. The van der Waals surface area contributed by atoms with Gasteiger partial charge in [-0.2, -0.15) is 5.48 Å². The molecule has 3 N–H and O–H groups in total. The second kappa shape index (κ2) is 20.7. The van der Waals surface area contributed by atoms with Crippen LogP contribution in [0, 0.1) is 0 Å². The van der Waals surface area contributed by atoms with Crippen molar-refractivity contribution >= 4 is 53.8 Å². The van der Waals surface area contributed by atoms with Crippen molar-refractivity contribution in [1.29, 1.82) is 0 Å². The Balaban J connectivity index is 2.80. The van der Waals surface area contributed by atoms with Gasteiger partial charge < -0.3 is 57.8 Å². The number of esters is 7. The average molecular weight is 809 g/mol. The summed E-state index contributed by atoms with van der Waals surface area (Å²) in [6, 6.07) is 0. The van der Waals surface area contributed by atoms with Gasteiger partial charge in [-0.15, -0.1) is 0 Å². The second-order valence-corrected chi connectivity index (χ2v) is 13.3. The van der Waals surface area contributed by atoms with Crippen LogP contribution in [0.4, 0.5) is 4.79 Å². The average Bonchev–Trinajstić information content (AvgIpc) is 3.02. The third-order valence-electron chi connectivity index (χ3n) is 7.21. The molecule has 0 radical (unpaired) electrons. The van der Waals surface area contributed by atoms with Gasteiger partial charge in [0, 0.05) is 48.5 Å². The van der Waals surface area contributed by atoms with Crippen LogP contribution in [0.15, 0.2) is 0 Å². The first-order valence-electron chi connectivity index (χ1n) is 16.9. The number of carbonyl (C=O) groups excluding carboxylic acids is 9. The topological polar surface area (TPSA) is 302 Å². The maximum absolute atomic E-state index is 12.8. The molecule has 2 aliphatic heterocycles. The molecule has 2 saturated heterocycles. The molecule has 0 saturated carbocycles. The van der Waals surface area contributed by atoms with E-state index in [2.05, 4.69) is 0 Å². The van der Waals surface area contributed by atoms with Crippen molar-refractivity contribution in [2.75, 3.05) is 13.2 Å². The van der Waals surface area contributed by atoms with Gasteiger partial charge in [0.25, 0.3) is 5.91 Å². The molecule has 2 heterocycles. The Labute approximate surface area is 320 Å². The maximum atomic E-state index is 12.8. The van der Waals surface area contributed by atoms with Gasteiger partial charge in [-0.05, 0) is 20.8 Å². The molecule has 23 heteroatoms. The van der Waals surface area contributed by atoms with Gasteiger partial charge in [-0.1, -0.05) is 0 Å². The van der Waals surface area contributed by atoms with E-state index >= 15 is 0 Å². The van der Waals surface area contributed by atoms with Crippen molar-refractivity contribution < 1.29 is 100 Å². The highest BCUT2D eigenvalue weighted by atomic mass is 16.8. The zero-order valence-electron chi connectivity index (χ0n) is 32.4. The molecule has 0 aromatic rings. The summed E-state index contributed by atoms with van der Waals surface area (Å²) in [5.74, 6) is -7.91. The zero-order valence-corrected chi connectivity index (χ0v) is 32.4. The summed E-state index contributed by atoms with van der Waals surface area (Å²) in [7, 11) is 0. The van der Waals surface area contributed by atoms with Crippen LogP contribution in [0.1, 0.15) is 69.2 Å². The van der Waals surface area contributed by atoms with Crippen molar-refractivity contribution in [1.82, 2.24) is 5.48 Å². The van der Waals surface area contributed by atoms with Crippen molar-refractivity contribution in [2.45, 2.75) is 142 Å². The minimum Gasteiger partial charge on any atom is -0.463 e. The van der Waals surface area contributed by atoms with E-state index < -0.39 is 140 Å². The highest BCUT2D eigenvalue weighted by molar-refractivity contribution is 5.80. The summed E-state index contributed by atoms with van der Waals surface area (Å²) in [4.78, 5) is 117. The first kappa shape index (κ1) is 47.0. The van der Waals surface area contributed by atoms with Crippen molar-refractivity contribution in [3.05, 3.63) is 0 Å². The lowest BCUT2D eigenvalue weighted by atomic mass is 9.90. The molecular formula is C33H48N2O21. The molecule has 23 nitrogen and oxygen atoms in total. The molecule has 2 aliphatic rings. The Hall–Kier alpha value is -5.13. The number of nitrogens with one attached hydrogen (secondary N) is 1. The smallest absolute Gasteiger partial charge is 0.431 e. The van der Waals surface area contributed by atoms with E-state index in [1.54, 1.807) is 0 Å². The monoisotopic (exact) mass is 808 g/mol. The summed E-state index contributed by atoms with van der Waals surface area (Å²) in [6.45, 7) is 10.2. The highest BCUT2D eigenvalue weighted by Crippen LogP contribution is 2.36. The fourth-order valence-electron chi connectivity index (χ4n) is 5.49.